The van der Waals surface area contributed by atoms with Gasteiger partial charge in [-0.05, 0) is 5.56 Å². The number of carboxylic acid groups (broad SMARTS) is 1. The van der Waals surface area contributed by atoms with Gasteiger partial charge in [0.2, 0.25) is 0 Å². The van der Waals surface area contributed by atoms with Crippen molar-refractivity contribution in [3.05, 3.63) is 53.3 Å². The molecule has 3 amide bonds. The molecule has 2 aliphatic rings. The number of carbonyl (C=O) groups excluding carboxylic acids is 2. The van der Waals surface area contributed by atoms with E-state index in [1.54, 1.807) is 0 Å². The number of urea groups is 1. The van der Waals surface area contributed by atoms with Crippen LogP contribution in [0.3, 0.4) is 0 Å². The minimum atomic E-state index is -1.29. The number of hydroxylamine groups is 2. The van der Waals surface area contributed by atoms with Gasteiger partial charge in [-0.2, -0.15) is 14.8 Å². The normalized spacial score (nSPS) is 21.0. The van der Waals surface area contributed by atoms with Crippen molar-refractivity contribution in [2.45, 2.75) is 18.7 Å². The second-order valence-corrected chi connectivity index (χ2v) is 6.03. The average Bonchev–Trinajstić information content (AvgIpc) is 3.17. The summed E-state index contributed by atoms with van der Waals surface area (Å²) in [6.45, 7) is 0.274. The van der Waals surface area contributed by atoms with Crippen LogP contribution >= 0.6 is 0 Å². The van der Waals surface area contributed by atoms with Crippen LogP contribution < -0.4 is 5.73 Å². The number of nitrogens with two attached hydrogens (primary N) is 1. The third-order valence-corrected chi connectivity index (χ3v) is 4.46. The molecule has 1 aromatic heterocycles. The van der Waals surface area contributed by atoms with Gasteiger partial charge in [0.05, 0.1) is 6.54 Å². The molecule has 2 aromatic rings. The van der Waals surface area contributed by atoms with Crippen LogP contribution in [0.15, 0.2) is 36.5 Å². The molecule has 1 fully saturated rings. The molecule has 1 unspecified atom stereocenters. The van der Waals surface area contributed by atoms with E-state index >= 15 is 0 Å². The lowest BCUT2D eigenvalue weighted by molar-refractivity contribution is -0.143. The highest BCUT2D eigenvalue weighted by atomic mass is 16.7. The van der Waals surface area contributed by atoms with Crippen molar-refractivity contribution in [2.24, 2.45) is 5.73 Å². The van der Waals surface area contributed by atoms with Crippen molar-refractivity contribution in [3.63, 3.8) is 0 Å². The molecule has 26 heavy (non-hydrogen) atoms. The lowest BCUT2D eigenvalue weighted by Gasteiger charge is -2.26. The number of carbonyl (C=O) groups is 3. The smallest absolute Gasteiger partial charge is 0.345 e. The highest BCUT2D eigenvalue weighted by Crippen LogP contribution is 2.43. The van der Waals surface area contributed by atoms with Gasteiger partial charge in [0.25, 0.3) is 0 Å². The summed E-state index contributed by atoms with van der Waals surface area (Å²) < 4.78 is 0.877. The van der Waals surface area contributed by atoms with Crippen molar-refractivity contribution < 1.29 is 24.3 Å². The van der Waals surface area contributed by atoms with Gasteiger partial charge < -0.3 is 15.7 Å². The fourth-order valence-electron chi connectivity index (χ4n) is 3.28. The first-order valence-corrected chi connectivity index (χ1v) is 7.86. The van der Waals surface area contributed by atoms with Crippen LogP contribution in [0.4, 0.5) is 9.59 Å². The molecule has 2 bridgehead atoms. The van der Waals surface area contributed by atoms with Crippen molar-refractivity contribution in [3.8, 4) is 0 Å². The maximum absolute atomic E-state index is 12.6. The molecule has 0 saturated carbocycles. The highest BCUT2D eigenvalue weighted by molar-refractivity contribution is 5.87. The zero-order chi connectivity index (χ0) is 18.4. The Hall–Kier alpha value is -3.40. The third-order valence-electron chi connectivity index (χ3n) is 4.46. The van der Waals surface area contributed by atoms with E-state index in [-0.39, 0.29) is 18.8 Å². The monoisotopic (exact) mass is 357 g/mol. The van der Waals surface area contributed by atoms with Crippen molar-refractivity contribution in [2.75, 3.05) is 6.54 Å². The number of aliphatic carboxylic acids is 1. The van der Waals surface area contributed by atoms with Crippen LogP contribution in [0.5, 0.6) is 0 Å². The number of nitrogens with zero attached hydrogens (tertiary/aromatic N) is 4. The van der Waals surface area contributed by atoms with Gasteiger partial charge in [-0.1, -0.05) is 30.3 Å². The van der Waals surface area contributed by atoms with E-state index in [1.165, 1.54) is 11.1 Å². The molecule has 3 N–H and O–H groups in total. The largest absolute Gasteiger partial charge is 0.479 e. The summed E-state index contributed by atoms with van der Waals surface area (Å²) in [5.41, 5.74) is 6.65. The van der Waals surface area contributed by atoms with Crippen LogP contribution in [0.25, 0.3) is 0 Å². The molecular weight excluding hydrogens is 342 g/mol. The summed E-state index contributed by atoms with van der Waals surface area (Å²) in [6.07, 6.45) is 1.35. The van der Waals surface area contributed by atoms with E-state index in [9.17, 15) is 19.5 Å². The van der Waals surface area contributed by atoms with Gasteiger partial charge in [-0.15, -0.1) is 0 Å². The molecule has 4 rings (SSSR count). The first-order chi connectivity index (χ1) is 12.5. The number of primary amides is 1. The predicted octanol–water partition coefficient (Wildman–Crippen LogP) is 0.860. The highest BCUT2D eigenvalue weighted by Gasteiger charge is 2.53. The Kier molecular flexibility index (Phi) is 3.62. The third kappa shape index (κ3) is 2.39. The SMILES string of the molecule is NC(=O)n1cc2c(n1)C(C(=O)O)N1C[C@H]2N(OCc2ccccc2)C1=O. The zero-order valence-electron chi connectivity index (χ0n) is 13.5. The Morgan fingerprint density at radius 1 is 1.31 bits per heavy atom. The second kappa shape index (κ2) is 5.85. The second-order valence-electron chi connectivity index (χ2n) is 6.03. The topological polar surface area (TPSA) is 131 Å². The summed E-state index contributed by atoms with van der Waals surface area (Å²) >= 11 is 0. The maximum Gasteiger partial charge on any atom is 0.345 e. The first-order valence-electron chi connectivity index (χ1n) is 7.86. The Morgan fingerprint density at radius 2 is 2.04 bits per heavy atom. The van der Waals surface area contributed by atoms with E-state index in [1.807, 2.05) is 30.3 Å². The molecule has 10 heteroatoms. The summed E-state index contributed by atoms with van der Waals surface area (Å²) in [7, 11) is 0. The quantitative estimate of drug-likeness (QED) is 0.834. The van der Waals surface area contributed by atoms with Crippen LogP contribution in [0.1, 0.15) is 28.9 Å². The Morgan fingerprint density at radius 3 is 2.69 bits per heavy atom. The van der Waals surface area contributed by atoms with E-state index in [4.69, 9.17) is 10.6 Å². The molecule has 2 aliphatic heterocycles. The molecule has 1 saturated heterocycles. The summed E-state index contributed by atoms with van der Waals surface area (Å²) in [5, 5.41) is 14.7. The summed E-state index contributed by atoms with van der Waals surface area (Å²) in [4.78, 5) is 42.6. The lowest BCUT2D eigenvalue weighted by Crippen LogP contribution is -2.38. The van der Waals surface area contributed by atoms with Gasteiger partial charge in [-0.25, -0.2) is 14.4 Å². The van der Waals surface area contributed by atoms with Gasteiger partial charge in [0, 0.05) is 11.8 Å². The fraction of sp³-hybridized carbons (Fsp3) is 0.250. The van der Waals surface area contributed by atoms with E-state index in [0.717, 1.165) is 15.3 Å². The first kappa shape index (κ1) is 16.1. The molecule has 2 atom stereocenters. The molecule has 134 valence electrons. The van der Waals surface area contributed by atoms with Gasteiger partial charge in [0.1, 0.15) is 18.3 Å². The van der Waals surface area contributed by atoms with Gasteiger partial charge >= 0.3 is 18.0 Å². The Bertz CT molecular complexity index is 896. The molecule has 3 heterocycles. The van der Waals surface area contributed by atoms with Crippen molar-refractivity contribution in [1.82, 2.24) is 19.7 Å². The Balaban J connectivity index is 1.68. The van der Waals surface area contributed by atoms with Crippen LogP contribution in [0.2, 0.25) is 0 Å². The van der Waals surface area contributed by atoms with Gasteiger partial charge in [0.15, 0.2) is 6.04 Å². The Labute approximate surface area is 147 Å². The number of benzene rings is 1. The summed E-state index contributed by atoms with van der Waals surface area (Å²) in [6, 6.07) is 6.02. The van der Waals surface area contributed by atoms with Crippen molar-refractivity contribution in [1.29, 1.82) is 0 Å². The van der Waals surface area contributed by atoms with E-state index in [2.05, 4.69) is 5.10 Å². The minimum Gasteiger partial charge on any atom is -0.479 e. The number of aromatic nitrogens is 2. The van der Waals surface area contributed by atoms with Crippen LogP contribution in [0, 0.1) is 0 Å². The zero-order valence-corrected chi connectivity index (χ0v) is 13.5. The molecule has 0 radical (unpaired) electrons. The average molecular weight is 357 g/mol. The molecule has 0 aliphatic carbocycles. The molecule has 10 nitrogen and oxygen atoms in total. The molecular formula is C16H15N5O5. The van der Waals surface area contributed by atoms with Crippen LogP contribution in [-0.4, -0.2) is 49.4 Å². The van der Waals surface area contributed by atoms with Gasteiger partial charge in [-0.3, -0.25) is 4.84 Å². The molecule has 1 aromatic carbocycles. The van der Waals surface area contributed by atoms with E-state index < -0.39 is 30.1 Å². The standard InChI is InChI=1S/C16H15N5O5/c17-15(24)20-6-10-11-7-19(13(14(22)23)12(10)18-20)16(25)21(11)26-8-9-4-2-1-3-5-9/h1-6,11,13H,7-8H2,(H2,17,24)(H,22,23)/t11-,13?/m1/s1. The number of amides is 3. The van der Waals surface area contributed by atoms with Crippen LogP contribution in [-0.2, 0) is 16.2 Å². The number of rotatable bonds is 4. The maximum atomic E-state index is 12.6. The summed E-state index contributed by atoms with van der Waals surface area (Å²) in [5.74, 6) is -1.24. The van der Waals surface area contributed by atoms with E-state index in [0.29, 0.717) is 5.56 Å². The fourth-order valence-corrected chi connectivity index (χ4v) is 3.28. The number of hydrogen-bond donors (Lipinski definition) is 2. The number of hydrogen-bond acceptors (Lipinski definition) is 5. The number of fused-ring (bicyclic) bond motifs is 4. The number of carboxylic acids is 1. The lowest BCUT2D eigenvalue weighted by atomic mass is 9.98. The molecule has 0 spiro atoms. The van der Waals surface area contributed by atoms with Crippen molar-refractivity contribution >= 4 is 18.0 Å². The predicted molar refractivity (Wildman–Crippen MR) is 85.5 cm³/mol. The minimum absolute atomic E-state index is 0.117.